The zero-order valence-corrected chi connectivity index (χ0v) is 15.6. The van der Waals surface area contributed by atoms with Gasteiger partial charge in [-0.2, -0.15) is 5.26 Å². The fourth-order valence-corrected chi connectivity index (χ4v) is 3.14. The summed E-state index contributed by atoms with van der Waals surface area (Å²) in [6.45, 7) is 0. The summed E-state index contributed by atoms with van der Waals surface area (Å²) in [5, 5.41) is 16.3. The van der Waals surface area contributed by atoms with Crippen molar-refractivity contribution in [2.24, 2.45) is 0 Å². The second-order valence-electron chi connectivity index (χ2n) is 5.61. The van der Waals surface area contributed by atoms with E-state index in [0.29, 0.717) is 33.3 Å². The summed E-state index contributed by atoms with van der Waals surface area (Å²) >= 11 is 7.46. The van der Waals surface area contributed by atoms with Gasteiger partial charge in [-0.15, -0.1) is 11.3 Å². The van der Waals surface area contributed by atoms with Crippen LogP contribution in [-0.2, 0) is 6.42 Å². The third-order valence-corrected chi connectivity index (χ3v) is 4.91. The van der Waals surface area contributed by atoms with Gasteiger partial charge in [0.2, 0.25) is 0 Å². The second-order valence-corrected chi connectivity index (χ2v) is 6.97. The van der Waals surface area contributed by atoms with Gasteiger partial charge in [0.1, 0.15) is 0 Å². The molecule has 0 spiro atoms. The topological polar surface area (TPSA) is 82.0 Å². The molecule has 5 nitrogen and oxygen atoms in total. The van der Waals surface area contributed by atoms with E-state index in [1.807, 2.05) is 5.38 Å². The molecular weight excluding hydrogens is 382 g/mol. The van der Waals surface area contributed by atoms with E-state index in [0.717, 1.165) is 5.56 Å². The first kappa shape index (κ1) is 18.6. The van der Waals surface area contributed by atoms with E-state index in [9.17, 15) is 9.59 Å². The van der Waals surface area contributed by atoms with Gasteiger partial charge in [0.05, 0.1) is 28.1 Å². The van der Waals surface area contributed by atoms with Crippen LogP contribution in [0.4, 0.5) is 11.4 Å². The van der Waals surface area contributed by atoms with E-state index in [1.165, 1.54) is 17.4 Å². The molecule has 27 heavy (non-hydrogen) atoms. The number of nitrogens with zero attached hydrogens (tertiary/aromatic N) is 1. The first-order valence-corrected chi connectivity index (χ1v) is 9.24. The molecule has 0 radical (unpaired) electrons. The van der Waals surface area contributed by atoms with Crippen LogP contribution in [0.5, 0.6) is 0 Å². The minimum atomic E-state index is -0.327. The van der Waals surface area contributed by atoms with Gasteiger partial charge in [-0.05, 0) is 47.3 Å². The molecule has 0 aliphatic heterocycles. The van der Waals surface area contributed by atoms with Crippen molar-refractivity contribution in [1.29, 1.82) is 5.26 Å². The van der Waals surface area contributed by atoms with Crippen LogP contribution in [0.2, 0.25) is 5.02 Å². The number of halogens is 1. The summed E-state index contributed by atoms with van der Waals surface area (Å²) in [4.78, 5) is 25.2. The molecule has 0 saturated heterocycles. The van der Waals surface area contributed by atoms with E-state index in [1.54, 1.807) is 48.5 Å². The Morgan fingerprint density at radius 3 is 2.48 bits per heavy atom. The van der Waals surface area contributed by atoms with Crippen molar-refractivity contribution < 1.29 is 9.59 Å². The van der Waals surface area contributed by atoms with Crippen molar-refractivity contribution >= 4 is 46.1 Å². The summed E-state index contributed by atoms with van der Waals surface area (Å²) in [5.74, 6) is -0.608. The van der Waals surface area contributed by atoms with Crippen LogP contribution >= 0.6 is 22.9 Å². The SMILES string of the molecule is N#CCc1ccc(NC(=O)c2ccc(Cl)c(NC(=O)c3cccs3)c2)cc1. The Labute approximate surface area is 165 Å². The molecule has 0 saturated carbocycles. The Balaban J connectivity index is 1.73. The zero-order chi connectivity index (χ0) is 19.2. The molecule has 0 aliphatic rings. The lowest BCUT2D eigenvalue weighted by Crippen LogP contribution is -2.14. The third-order valence-electron chi connectivity index (χ3n) is 3.72. The molecule has 0 bridgehead atoms. The standard InChI is InChI=1S/C20H14ClN3O2S/c21-16-8-5-14(12-17(16)24-20(26)18-2-1-11-27-18)19(25)23-15-6-3-13(4-7-15)9-10-22/h1-8,11-12H,9H2,(H,23,25)(H,24,26). The van der Waals surface area contributed by atoms with Gasteiger partial charge in [-0.3, -0.25) is 9.59 Å². The number of amides is 2. The predicted octanol–water partition coefficient (Wildman–Crippen LogP) is 4.97. The molecule has 3 aromatic rings. The third kappa shape index (κ3) is 4.73. The van der Waals surface area contributed by atoms with Crippen molar-refractivity contribution in [3.8, 4) is 6.07 Å². The number of hydrogen-bond donors (Lipinski definition) is 2. The molecule has 134 valence electrons. The van der Waals surface area contributed by atoms with E-state index in [-0.39, 0.29) is 11.8 Å². The number of benzene rings is 2. The Kier molecular flexibility index (Phi) is 5.87. The number of hydrogen-bond acceptors (Lipinski definition) is 4. The zero-order valence-electron chi connectivity index (χ0n) is 14.0. The van der Waals surface area contributed by atoms with E-state index in [2.05, 4.69) is 16.7 Å². The quantitative estimate of drug-likeness (QED) is 0.639. The fraction of sp³-hybridized carbons (Fsp3) is 0.0500. The summed E-state index contributed by atoms with van der Waals surface area (Å²) in [7, 11) is 0. The number of anilines is 2. The number of nitrogens with one attached hydrogen (secondary N) is 2. The smallest absolute Gasteiger partial charge is 0.265 e. The average molecular weight is 396 g/mol. The maximum Gasteiger partial charge on any atom is 0.265 e. The van der Waals surface area contributed by atoms with Crippen LogP contribution in [0.3, 0.4) is 0 Å². The highest BCUT2D eigenvalue weighted by Gasteiger charge is 2.13. The highest BCUT2D eigenvalue weighted by molar-refractivity contribution is 7.12. The molecule has 7 heteroatoms. The van der Waals surface area contributed by atoms with Crippen LogP contribution in [0.1, 0.15) is 25.6 Å². The Hall–Kier alpha value is -3.14. The molecule has 2 N–H and O–H groups in total. The van der Waals surface area contributed by atoms with Crippen molar-refractivity contribution in [2.75, 3.05) is 10.6 Å². The lowest BCUT2D eigenvalue weighted by atomic mass is 10.1. The van der Waals surface area contributed by atoms with Gasteiger partial charge < -0.3 is 10.6 Å². The van der Waals surface area contributed by atoms with Crippen LogP contribution in [0.25, 0.3) is 0 Å². The Morgan fingerprint density at radius 2 is 1.81 bits per heavy atom. The number of thiophene rings is 1. The second kappa shape index (κ2) is 8.49. The van der Waals surface area contributed by atoms with E-state index < -0.39 is 0 Å². The largest absolute Gasteiger partial charge is 0.322 e. The van der Waals surface area contributed by atoms with Gasteiger partial charge >= 0.3 is 0 Å². The molecular formula is C20H14ClN3O2S. The number of nitriles is 1. The monoisotopic (exact) mass is 395 g/mol. The molecule has 1 aromatic heterocycles. The molecule has 2 amide bonds. The normalized spacial score (nSPS) is 10.1. The van der Waals surface area contributed by atoms with Crippen LogP contribution in [0, 0.1) is 11.3 Å². The number of rotatable bonds is 5. The van der Waals surface area contributed by atoms with Crippen LogP contribution < -0.4 is 10.6 Å². The first-order valence-electron chi connectivity index (χ1n) is 7.98. The minimum absolute atomic E-state index is 0.280. The van der Waals surface area contributed by atoms with Crippen LogP contribution in [0.15, 0.2) is 60.0 Å². The summed E-state index contributed by atoms with van der Waals surface area (Å²) in [6, 6.07) is 17.3. The molecule has 1 heterocycles. The summed E-state index contributed by atoms with van der Waals surface area (Å²) < 4.78 is 0. The van der Waals surface area contributed by atoms with Crippen molar-refractivity contribution in [3.05, 3.63) is 81.0 Å². The summed E-state index contributed by atoms with van der Waals surface area (Å²) in [5.41, 5.74) is 2.22. The molecule has 0 fully saturated rings. The number of carbonyl (C=O) groups excluding carboxylic acids is 2. The van der Waals surface area contributed by atoms with Gasteiger partial charge in [0, 0.05) is 11.3 Å². The lowest BCUT2D eigenvalue weighted by Gasteiger charge is -2.10. The summed E-state index contributed by atoms with van der Waals surface area (Å²) in [6.07, 6.45) is 0.318. The van der Waals surface area contributed by atoms with E-state index >= 15 is 0 Å². The molecule has 0 atom stereocenters. The maximum atomic E-state index is 12.5. The molecule has 0 aliphatic carbocycles. The molecule has 2 aromatic carbocycles. The van der Waals surface area contributed by atoms with Gasteiger partial charge in [0.25, 0.3) is 11.8 Å². The highest BCUT2D eigenvalue weighted by atomic mass is 35.5. The highest BCUT2D eigenvalue weighted by Crippen LogP contribution is 2.25. The number of carbonyl (C=O) groups is 2. The lowest BCUT2D eigenvalue weighted by molar-refractivity contribution is 0.101. The minimum Gasteiger partial charge on any atom is -0.322 e. The maximum absolute atomic E-state index is 12.5. The van der Waals surface area contributed by atoms with E-state index in [4.69, 9.17) is 16.9 Å². The van der Waals surface area contributed by atoms with Gasteiger partial charge in [-0.25, -0.2) is 0 Å². The first-order chi connectivity index (χ1) is 13.1. The van der Waals surface area contributed by atoms with Crippen molar-refractivity contribution in [2.45, 2.75) is 6.42 Å². The Morgan fingerprint density at radius 1 is 1.04 bits per heavy atom. The predicted molar refractivity (Wildman–Crippen MR) is 107 cm³/mol. The average Bonchev–Trinajstić information content (AvgIpc) is 3.20. The van der Waals surface area contributed by atoms with Crippen molar-refractivity contribution in [3.63, 3.8) is 0 Å². The fourth-order valence-electron chi connectivity index (χ4n) is 2.35. The van der Waals surface area contributed by atoms with Crippen molar-refractivity contribution in [1.82, 2.24) is 0 Å². The Bertz CT molecular complexity index is 1010. The van der Waals surface area contributed by atoms with Crippen LogP contribution in [-0.4, -0.2) is 11.8 Å². The van der Waals surface area contributed by atoms with Gasteiger partial charge in [0.15, 0.2) is 0 Å². The van der Waals surface area contributed by atoms with Gasteiger partial charge in [-0.1, -0.05) is 29.8 Å². The molecule has 3 rings (SSSR count). The molecule has 0 unspecified atom stereocenters.